The number of carbonyl (C=O) groups excluding carboxylic acids is 1. The lowest BCUT2D eigenvalue weighted by Crippen LogP contribution is -2.11. The molecule has 0 bridgehead atoms. The predicted molar refractivity (Wildman–Crippen MR) is 69.8 cm³/mol. The molecule has 0 saturated carbocycles. The first-order valence-electron chi connectivity index (χ1n) is 6.04. The number of rotatable bonds is 1. The van der Waals surface area contributed by atoms with Crippen LogP contribution in [0.4, 0.5) is 0 Å². The van der Waals surface area contributed by atoms with E-state index >= 15 is 0 Å². The Morgan fingerprint density at radius 3 is 2.50 bits per heavy atom. The minimum Gasteiger partial charge on any atom is -0.425 e. The van der Waals surface area contributed by atoms with Gasteiger partial charge in [0.15, 0.2) is 0 Å². The normalized spacial score (nSPS) is 17.4. The van der Waals surface area contributed by atoms with Gasteiger partial charge in [0.1, 0.15) is 11.7 Å². The number of aryl methyl sites for hydroxylation is 2. The number of esters is 1. The summed E-state index contributed by atoms with van der Waals surface area (Å²) in [7, 11) is 0. The Morgan fingerprint density at radius 2 is 1.78 bits per heavy atom. The van der Waals surface area contributed by atoms with Gasteiger partial charge >= 0.3 is 5.97 Å². The SMILES string of the molecule is Cc1cc(C)c2c(c1)C(c1ccccc1)C(=O)O2. The number of benzene rings is 2. The Bertz CT molecular complexity index is 614. The van der Waals surface area contributed by atoms with Crippen LogP contribution in [0.15, 0.2) is 42.5 Å². The van der Waals surface area contributed by atoms with Crippen LogP contribution in [0.5, 0.6) is 5.75 Å². The summed E-state index contributed by atoms with van der Waals surface area (Å²) in [5, 5.41) is 0. The van der Waals surface area contributed by atoms with Gasteiger partial charge < -0.3 is 4.74 Å². The highest BCUT2D eigenvalue weighted by atomic mass is 16.5. The maximum Gasteiger partial charge on any atom is 0.323 e. The third-order valence-electron chi connectivity index (χ3n) is 3.33. The fraction of sp³-hybridized carbons (Fsp3) is 0.188. The van der Waals surface area contributed by atoms with Gasteiger partial charge in [0.05, 0.1) is 0 Å². The first-order valence-corrected chi connectivity index (χ1v) is 6.04. The fourth-order valence-corrected chi connectivity index (χ4v) is 2.59. The first-order chi connectivity index (χ1) is 8.66. The van der Waals surface area contributed by atoms with Gasteiger partial charge in [-0.3, -0.25) is 4.79 Å². The summed E-state index contributed by atoms with van der Waals surface area (Å²) in [6.07, 6.45) is 0. The topological polar surface area (TPSA) is 26.3 Å². The molecule has 0 aromatic heterocycles. The monoisotopic (exact) mass is 238 g/mol. The van der Waals surface area contributed by atoms with Crippen molar-refractivity contribution in [2.75, 3.05) is 0 Å². The van der Waals surface area contributed by atoms with Crippen molar-refractivity contribution in [3.8, 4) is 5.75 Å². The molecule has 90 valence electrons. The molecule has 2 aromatic rings. The van der Waals surface area contributed by atoms with Crippen molar-refractivity contribution >= 4 is 5.97 Å². The Hall–Kier alpha value is -2.09. The van der Waals surface area contributed by atoms with Crippen molar-refractivity contribution < 1.29 is 9.53 Å². The van der Waals surface area contributed by atoms with Crippen LogP contribution in [0.25, 0.3) is 0 Å². The zero-order chi connectivity index (χ0) is 12.7. The summed E-state index contributed by atoms with van der Waals surface area (Å²) in [6, 6.07) is 13.9. The molecule has 0 fully saturated rings. The maximum absolute atomic E-state index is 12.1. The van der Waals surface area contributed by atoms with E-state index in [4.69, 9.17) is 4.74 Å². The zero-order valence-corrected chi connectivity index (χ0v) is 10.4. The van der Waals surface area contributed by atoms with E-state index < -0.39 is 0 Å². The summed E-state index contributed by atoms with van der Waals surface area (Å²) >= 11 is 0. The third-order valence-corrected chi connectivity index (χ3v) is 3.33. The van der Waals surface area contributed by atoms with Gasteiger partial charge in [-0.15, -0.1) is 0 Å². The van der Waals surface area contributed by atoms with E-state index in [-0.39, 0.29) is 11.9 Å². The van der Waals surface area contributed by atoms with Crippen LogP contribution in [0, 0.1) is 13.8 Å². The zero-order valence-electron chi connectivity index (χ0n) is 10.4. The van der Waals surface area contributed by atoms with E-state index in [2.05, 4.69) is 0 Å². The lowest BCUT2D eigenvalue weighted by molar-refractivity contribution is -0.133. The van der Waals surface area contributed by atoms with Crippen molar-refractivity contribution in [2.45, 2.75) is 19.8 Å². The first kappa shape index (κ1) is 11.0. The van der Waals surface area contributed by atoms with Crippen LogP contribution >= 0.6 is 0 Å². The second-order valence-corrected chi connectivity index (χ2v) is 4.76. The Kier molecular flexibility index (Phi) is 2.44. The fourth-order valence-electron chi connectivity index (χ4n) is 2.59. The van der Waals surface area contributed by atoms with E-state index in [0.29, 0.717) is 0 Å². The molecule has 0 saturated heterocycles. The molecule has 0 radical (unpaired) electrons. The standard InChI is InChI=1S/C16H14O2/c1-10-8-11(2)15-13(9-10)14(16(17)18-15)12-6-4-3-5-7-12/h3-9,14H,1-2H3. The van der Waals surface area contributed by atoms with Crippen LogP contribution in [-0.2, 0) is 4.79 Å². The average molecular weight is 238 g/mol. The molecule has 1 aliphatic rings. The maximum atomic E-state index is 12.1. The van der Waals surface area contributed by atoms with E-state index in [1.165, 1.54) is 0 Å². The van der Waals surface area contributed by atoms with Crippen LogP contribution in [-0.4, -0.2) is 5.97 Å². The molecule has 0 spiro atoms. The Morgan fingerprint density at radius 1 is 1.06 bits per heavy atom. The van der Waals surface area contributed by atoms with Gasteiger partial charge in [-0.2, -0.15) is 0 Å². The summed E-state index contributed by atoms with van der Waals surface area (Å²) in [5.41, 5.74) is 4.16. The molecule has 1 aliphatic heterocycles. The number of hydrogen-bond donors (Lipinski definition) is 0. The summed E-state index contributed by atoms with van der Waals surface area (Å²) in [5.74, 6) is 0.282. The summed E-state index contributed by atoms with van der Waals surface area (Å²) in [4.78, 5) is 12.1. The minimum absolute atomic E-state index is 0.176. The third kappa shape index (κ3) is 1.61. The van der Waals surface area contributed by atoms with Crippen molar-refractivity contribution in [3.63, 3.8) is 0 Å². The van der Waals surface area contributed by atoms with Gasteiger partial charge in [-0.05, 0) is 25.0 Å². The molecule has 1 unspecified atom stereocenters. The number of fused-ring (bicyclic) bond motifs is 1. The molecule has 2 nitrogen and oxygen atoms in total. The predicted octanol–water partition coefficient (Wildman–Crippen LogP) is 3.35. The Balaban J connectivity index is 2.18. The molecule has 0 amide bonds. The molecule has 18 heavy (non-hydrogen) atoms. The average Bonchev–Trinajstić information content (AvgIpc) is 2.67. The van der Waals surface area contributed by atoms with Crippen molar-refractivity contribution in [2.24, 2.45) is 0 Å². The highest BCUT2D eigenvalue weighted by Crippen LogP contribution is 2.41. The van der Waals surface area contributed by atoms with Crippen LogP contribution in [0.1, 0.15) is 28.2 Å². The molecule has 3 rings (SSSR count). The van der Waals surface area contributed by atoms with Crippen molar-refractivity contribution in [1.82, 2.24) is 0 Å². The molecule has 0 aliphatic carbocycles. The van der Waals surface area contributed by atoms with Crippen LogP contribution in [0.3, 0.4) is 0 Å². The van der Waals surface area contributed by atoms with Crippen molar-refractivity contribution in [3.05, 3.63) is 64.7 Å². The van der Waals surface area contributed by atoms with E-state index in [1.807, 2.05) is 56.3 Å². The van der Waals surface area contributed by atoms with E-state index in [1.54, 1.807) is 0 Å². The molecule has 1 heterocycles. The molecular weight excluding hydrogens is 224 g/mol. The second kappa shape index (κ2) is 3.98. The largest absolute Gasteiger partial charge is 0.425 e. The van der Waals surface area contributed by atoms with E-state index in [0.717, 1.165) is 28.0 Å². The lowest BCUT2D eigenvalue weighted by atomic mass is 9.90. The Labute approximate surface area is 106 Å². The minimum atomic E-state index is -0.278. The van der Waals surface area contributed by atoms with Crippen LogP contribution < -0.4 is 4.74 Å². The molecule has 2 aromatic carbocycles. The summed E-state index contributed by atoms with van der Waals surface area (Å²) in [6.45, 7) is 4.02. The van der Waals surface area contributed by atoms with Gasteiger partial charge in [0.25, 0.3) is 0 Å². The van der Waals surface area contributed by atoms with Gasteiger partial charge in [0.2, 0.25) is 0 Å². The second-order valence-electron chi connectivity index (χ2n) is 4.76. The number of hydrogen-bond acceptors (Lipinski definition) is 2. The van der Waals surface area contributed by atoms with E-state index in [9.17, 15) is 4.79 Å². The molecule has 0 N–H and O–H groups in total. The highest BCUT2D eigenvalue weighted by molar-refractivity contribution is 5.90. The lowest BCUT2D eigenvalue weighted by Gasteiger charge is -2.08. The number of ether oxygens (including phenoxy) is 1. The summed E-state index contributed by atoms with van der Waals surface area (Å²) < 4.78 is 5.42. The highest BCUT2D eigenvalue weighted by Gasteiger charge is 2.35. The molecular formula is C16H14O2. The molecule has 2 heteroatoms. The van der Waals surface area contributed by atoms with Crippen LogP contribution in [0.2, 0.25) is 0 Å². The molecule has 1 atom stereocenters. The van der Waals surface area contributed by atoms with Gasteiger partial charge in [-0.1, -0.05) is 48.0 Å². The number of carbonyl (C=O) groups is 1. The smallest absolute Gasteiger partial charge is 0.323 e. The quantitative estimate of drug-likeness (QED) is 0.562. The van der Waals surface area contributed by atoms with Gasteiger partial charge in [-0.25, -0.2) is 0 Å². The van der Waals surface area contributed by atoms with Gasteiger partial charge in [0, 0.05) is 5.56 Å². The van der Waals surface area contributed by atoms with Crippen molar-refractivity contribution in [1.29, 1.82) is 0 Å².